The highest BCUT2D eigenvalue weighted by atomic mass is 14.9. The van der Waals surface area contributed by atoms with Gasteiger partial charge in [0.05, 0.1) is 0 Å². The number of hydrogen-bond acceptors (Lipinski definition) is 2. The van der Waals surface area contributed by atoms with E-state index in [2.05, 4.69) is 28.8 Å². The van der Waals surface area contributed by atoms with Crippen LogP contribution >= 0.6 is 0 Å². The maximum absolute atomic E-state index is 3.60. The molecule has 0 aromatic heterocycles. The van der Waals surface area contributed by atoms with Crippen molar-refractivity contribution in [3.8, 4) is 0 Å². The highest BCUT2D eigenvalue weighted by Gasteiger charge is 2.21. The van der Waals surface area contributed by atoms with Crippen LogP contribution in [0, 0.1) is 0 Å². The Bertz CT molecular complexity index is 356. The predicted octanol–water partition coefficient (Wildman–Crippen LogP) is 1.58. The molecule has 0 saturated heterocycles. The molecule has 15 heavy (non-hydrogen) atoms. The van der Waals surface area contributed by atoms with Gasteiger partial charge < -0.3 is 10.6 Å². The standard InChI is InChI=1S/C13H18N2/c1-2-10-8-14-7-6-13(10)11(3-1)9-15-12-4-5-12/h1-3,12,14-15H,4-9H2. The van der Waals surface area contributed by atoms with Gasteiger partial charge in [-0.1, -0.05) is 18.2 Å². The second-order valence-electron chi connectivity index (χ2n) is 4.64. The Hall–Kier alpha value is -0.860. The topological polar surface area (TPSA) is 24.1 Å². The van der Waals surface area contributed by atoms with Gasteiger partial charge in [0.15, 0.2) is 0 Å². The summed E-state index contributed by atoms with van der Waals surface area (Å²) in [6.07, 6.45) is 3.94. The van der Waals surface area contributed by atoms with E-state index < -0.39 is 0 Å². The Kier molecular flexibility index (Phi) is 2.47. The summed E-state index contributed by atoms with van der Waals surface area (Å²) < 4.78 is 0. The lowest BCUT2D eigenvalue weighted by molar-refractivity contribution is 0.625. The van der Waals surface area contributed by atoms with Gasteiger partial charge in [-0.3, -0.25) is 0 Å². The van der Waals surface area contributed by atoms with Crippen LogP contribution in [0.25, 0.3) is 0 Å². The third kappa shape index (κ3) is 2.06. The molecule has 0 amide bonds. The SMILES string of the molecule is c1cc2c(c(CNC3CC3)c1)CCNC2. The van der Waals surface area contributed by atoms with Crippen molar-refractivity contribution < 1.29 is 0 Å². The van der Waals surface area contributed by atoms with Crippen molar-refractivity contribution in [3.63, 3.8) is 0 Å². The molecule has 0 atom stereocenters. The van der Waals surface area contributed by atoms with Gasteiger partial charge in [0.25, 0.3) is 0 Å². The van der Waals surface area contributed by atoms with Gasteiger partial charge in [0.2, 0.25) is 0 Å². The lowest BCUT2D eigenvalue weighted by atomic mass is 9.95. The number of fused-ring (bicyclic) bond motifs is 1. The summed E-state index contributed by atoms with van der Waals surface area (Å²) in [5.74, 6) is 0. The van der Waals surface area contributed by atoms with Crippen LogP contribution in [0.5, 0.6) is 0 Å². The van der Waals surface area contributed by atoms with Gasteiger partial charge >= 0.3 is 0 Å². The zero-order valence-electron chi connectivity index (χ0n) is 9.05. The first-order chi connectivity index (χ1) is 7.43. The van der Waals surface area contributed by atoms with Gasteiger partial charge in [-0.15, -0.1) is 0 Å². The van der Waals surface area contributed by atoms with E-state index in [-0.39, 0.29) is 0 Å². The largest absolute Gasteiger partial charge is 0.312 e. The molecule has 1 aromatic carbocycles. The van der Waals surface area contributed by atoms with E-state index in [1.54, 1.807) is 5.56 Å². The van der Waals surface area contributed by atoms with Crippen molar-refractivity contribution >= 4 is 0 Å². The van der Waals surface area contributed by atoms with E-state index >= 15 is 0 Å². The minimum atomic E-state index is 0.808. The quantitative estimate of drug-likeness (QED) is 0.777. The van der Waals surface area contributed by atoms with E-state index in [0.717, 1.165) is 25.7 Å². The first kappa shape index (κ1) is 9.37. The van der Waals surface area contributed by atoms with Crippen LogP contribution in [0.1, 0.15) is 29.5 Å². The zero-order chi connectivity index (χ0) is 10.1. The van der Waals surface area contributed by atoms with Crippen molar-refractivity contribution in [1.82, 2.24) is 10.6 Å². The Morgan fingerprint density at radius 3 is 3.13 bits per heavy atom. The molecule has 1 aliphatic heterocycles. The molecule has 1 heterocycles. The second kappa shape index (κ2) is 3.95. The molecule has 2 heteroatoms. The summed E-state index contributed by atoms with van der Waals surface area (Å²) in [5, 5.41) is 7.03. The molecule has 1 aliphatic carbocycles. The third-order valence-corrected chi connectivity index (χ3v) is 3.40. The molecule has 80 valence electrons. The summed E-state index contributed by atoms with van der Waals surface area (Å²) in [6.45, 7) is 3.24. The second-order valence-corrected chi connectivity index (χ2v) is 4.64. The molecule has 1 saturated carbocycles. The minimum Gasteiger partial charge on any atom is -0.312 e. The summed E-state index contributed by atoms with van der Waals surface area (Å²) >= 11 is 0. The molecular weight excluding hydrogens is 184 g/mol. The van der Waals surface area contributed by atoms with Crippen molar-refractivity contribution in [2.24, 2.45) is 0 Å². The van der Waals surface area contributed by atoms with Crippen LogP contribution < -0.4 is 10.6 Å². The van der Waals surface area contributed by atoms with E-state index in [9.17, 15) is 0 Å². The Balaban J connectivity index is 1.79. The predicted molar refractivity (Wildman–Crippen MR) is 61.7 cm³/mol. The van der Waals surface area contributed by atoms with Gasteiger partial charge in [-0.2, -0.15) is 0 Å². The van der Waals surface area contributed by atoms with Gasteiger partial charge in [-0.25, -0.2) is 0 Å². The maximum atomic E-state index is 3.60. The van der Waals surface area contributed by atoms with Crippen LogP contribution in [0.3, 0.4) is 0 Å². The number of rotatable bonds is 3. The average Bonchev–Trinajstić information content (AvgIpc) is 3.10. The fourth-order valence-corrected chi connectivity index (χ4v) is 2.32. The summed E-state index contributed by atoms with van der Waals surface area (Å²) in [4.78, 5) is 0. The number of nitrogens with one attached hydrogen (secondary N) is 2. The van der Waals surface area contributed by atoms with Crippen molar-refractivity contribution in [2.75, 3.05) is 6.54 Å². The Morgan fingerprint density at radius 1 is 1.33 bits per heavy atom. The fourth-order valence-electron chi connectivity index (χ4n) is 2.32. The highest BCUT2D eigenvalue weighted by molar-refractivity contribution is 5.37. The molecular formula is C13H18N2. The minimum absolute atomic E-state index is 0.808. The summed E-state index contributed by atoms with van der Waals surface area (Å²) in [7, 11) is 0. The monoisotopic (exact) mass is 202 g/mol. The smallest absolute Gasteiger partial charge is 0.0210 e. The molecule has 1 fully saturated rings. The molecule has 0 radical (unpaired) electrons. The van der Waals surface area contributed by atoms with Crippen LogP contribution in [0.15, 0.2) is 18.2 Å². The van der Waals surface area contributed by atoms with Crippen LogP contribution in [0.4, 0.5) is 0 Å². The zero-order valence-corrected chi connectivity index (χ0v) is 9.05. The average molecular weight is 202 g/mol. The highest BCUT2D eigenvalue weighted by Crippen LogP contribution is 2.22. The Morgan fingerprint density at radius 2 is 2.27 bits per heavy atom. The van der Waals surface area contributed by atoms with Crippen LogP contribution in [-0.4, -0.2) is 12.6 Å². The molecule has 1 aromatic rings. The normalized spacial score (nSPS) is 20.0. The van der Waals surface area contributed by atoms with Crippen LogP contribution in [-0.2, 0) is 19.5 Å². The van der Waals surface area contributed by atoms with Crippen molar-refractivity contribution in [3.05, 3.63) is 34.9 Å². The molecule has 3 rings (SSSR count). The van der Waals surface area contributed by atoms with E-state index in [4.69, 9.17) is 0 Å². The molecule has 0 unspecified atom stereocenters. The fraction of sp³-hybridized carbons (Fsp3) is 0.538. The lowest BCUT2D eigenvalue weighted by Gasteiger charge is -2.20. The lowest BCUT2D eigenvalue weighted by Crippen LogP contribution is -2.26. The Labute approximate surface area is 91.1 Å². The van der Waals surface area contributed by atoms with Crippen molar-refractivity contribution in [1.29, 1.82) is 0 Å². The van der Waals surface area contributed by atoms with Crippen LogP contribution in [0.2, 0.25) is 0 Å². The molecule has 0 spiro atoms. The molecule has 2 aliphatic rings. The van der Waals surface area contributed by atoms with E-state index in [1.165, 1.54) is 30.4 Å². The number of hydrogen-bond donors (Lipinski definition) is 2. The number of benzene rings is 1. The van der Waals surface area contributed by atoms with Gasteiger partial charge in [0.1, 0.15) is 0 Å². The molecule has 2 N–H and O–H groups in total. The maximum Gasteiger partial charge on any atom is 0.0210 e. The first-order valence-electron chi connectivity index (χ1n) is 5.97. The van der Waals surface area contributed by atoms with Gasteiger partial charge in [0, 0.05) is 19.1 Å². The molecule has 2 nitrogen and oxygen atoms in total. The summed E-state index contributed by atoms with van der Waals surface area (Å²) in [6, 6.07) is 7.53. The third-order valence-electron chi connectivity index (χ3n) is 3.40. The van der Waals surface area contributed by atoms with Crippen molar-refractivity contribution in [2.45, 2.75) is 38.4 Å². The van der Waals surface area contributed by atoms with E-state index in [1.807, 2.05) is 0 Å². The van der Waals surface area contributed by atoms with E-state index in [0.29, 0.717) is 0 Å². The van der Waals surface area contributed by atoms with Gasteiger partial charge in [-0.05, 0) is 42.5 Å². The first-order valence-corrected chi connectivity index (χ1v) is 5.97. The summed E-state index contributed by atoms with van der Waals surface area (Å²) in [5.41, 5.74) is 4.60. The molecule has 0 bridgehead atoms.